The molecule has 0 aliphatic rings. The number of aromatic hydroxyl groups is 1. The number of nitrogens with two attached hydrogens (primary N) is 1. The summed E-state index contributed by atoms with van der Waals surface area (Å²) in [4.78, 5) is 0. The average molecular weight is 240 g/mol. The first kappa shape index (κ1) is 11.3. The fourth-order valence-electron chi connectivity index (χ4n) is 1.81. The van der Waals surface area contributed by atoms with Crippen molar-refractivity contribution in [3.63, 3.8) is 0 Å². The molecule has 1 aromatic heterocycles. The van der Waals surface area contributed by atoms with Gasteiger partial charge >= 0.3 is 0 Å². The van der Waals surface area contributed by atoms with Gasteiger partial charge in [-0.1, -0.05) is 11.6 Å². The molecule has 16 heavy (non-hydrogen) atoms. The molecule has 0 spiro atoms. The summed E-state index contributed by atoms with van der Waals surface area (Å²) in [6.45, 7) is 3.70. The molecule has 1 heterocycles. The number of aryl methyl sites for hydroxylation is 1. The molecule has 0 aliphatic heterocycles. The third-order valence-corrected chi connectivity index (χ3v) is 2.79. The summed E-state index contributed by atoms with van der Waals surface area (Å²) >= 11 is 6.12. The Morgan fingerprint density at radius 3 is 2.81 bits per heavy atom. The second-order valence-electron chi connectivity index (χ2n) is 4.15. The van der Waals surface area contributed by atoms with Crippen molar-refractivity contribution in [2.75, 3.05) is 0 Å². The van der Waals surface area contributed by atoms with Gasteiger partial charge in [-0.2, -0.15) is 0 Å². The minimum atomic E-state index is -0.0320. The molecule has 0 amide bonds. The Kier molecular flexibility index (Phi) is 2.82. The molecule has 1 unspecified atom stereocenters. The SMILES string of the molecule is Cc1cc2c(Cl)cc(CC(C)N)c(O)c2o1. The first-order valence-corrected chi connectivity index (χ1v) is 5.53. The zero-order valence-electron chi connectivity index (χ0n) is 9.25. The number of rotatable bonds is 2. The summed E-state index contributed by atoms with van der Waals surface area (Å²) < 4.78 is 5.43. The van der Waals surface area contributed by atoms with E-state index in [-0.39, 0.29) is 11.8 Å². The van der Waals surface area contributed by atoms with Crippen LogP contribution >= 0.6 is 11.6 Å². The molecule has 0 bridgehead atoms. The lowest BCUT2D eigenvalue weighted by atomic mass is 10.0. The minimum Gasteiger partial charge on any atom is -0.504 e. The lowest BCUT2D eigenvalue weighted by Crippen LogP contribution is -2.17. The average Bonchev–Trinajstić information content (AvgIpc) is 2.56. The molecule has 86 valence electrons. The number of halogens is 1. The highest BCUT2D eigenvalue weighted by atomic mass is 35.5. The Labute approximate surface area is 98.8 Å². The van der Waals surface area contributed by atoms with Crippen LogP contribution in [0.5, 0.6) is 5.75 Å². The summed E-state index contributed by atoms with van der Waals surface area (Å²) in [7, 11) is 0. The molecule has 0 saturated carbocycles. The molecular formula is C12H14ClNO2. The largest absolute Gasteiger partial charge is 0.504 e. The van der Waals surface area contributed by atoms with Crippen molar-refractivity contribution in [1.29, 1.82) is 0 Å². The van der Waals surface area contributed by atoms with Gasteiger partial charge < -0.3 is 15.3 Å². The van der Waals surface area contributed by atoms with E-state index in [4.69, 9.17) is 21.8 Å². The van der Waals surface area contributed by atoms with Crippen LogP contribution in [0.1, 0.15) is 18.2 Å². The summed E-state index contributed by atoms with van der Waals surface area (Å²) in [5.41, 5.74) is 6.88. The minimum absolute atomic E-state index is 0.0320. The van der Waals surface area contributed by atoms with E-state index >= 15 is 0 Å². The molecule has 2 rings (SSSR count). The van der Waals surface area contributed by atoms with Gasteiger partial charge in [0.2, 0.25) is 0 Å². The Bertz CT molecular complexity index is 531. The maximum atomic E-state index is 10.0. The molecule has 3 nitrogen and oxygen atoms in total. The van der Waals surface area contributed by atoms with Gasteiger partial charge in [0.15, 0.2) is 11.3 Å². The van der Waals surface area contributed by atoms with E-state index in [1.165, 1.54) is 0 Å². The molecule has 4 heteroatoms. The Hall–Kier alpha value is -1.19. The lowest BCUT2D eigenvalue weighted by Gasteiger charge is -2.08. The van der Waals surface area contributed by atoms with Crippen molar-refractivity contribution in [3.05, 3.63) is 28.5 Å². The van der Waals surface area contributed by atoms with Crippen LogP contribution in [-0.2, 0) is 6.42 Å². The van der Waals surface area contributed by atoms with Crippen molar-refractivity contribution in [3.8, 4) is 5.75 Å². The van der Waals surface area contributed by atoms with Gasteiger partial charge in [0, 0.05) is 17.0 Å². The number of hydrogen-bond acceptors (Lipinski definition) is 3. The zero-order valence-corrected chi connectivity index (χ0v) is 10.0. The molecule has 3 N–H and O–H groups in total. The maximum Gasteiger partial charge on any atom is 0.177 e. The predicted molar refractivity (Wildman–Crippen MR) is 65.0 cm³/mol. The first-order chi connectivity index (χ1) is 7.49. The van der Waals surface area contributed by atoms with Crippen molar-refractivity contribution in [1.82, 2.24) is 0 Å². The van der Waals surface area contributed by atoms with E-state index in [0.717, 1.165) is 16.7 Å². The monoisotopic (exact) mass is 239 g/mol. The standard InChI is InChI=1S/C12H14ClNO2/c1-6(14)3-8-5-10(13)9-4-7(2)16-12(9)11(8)15/h4-6,15H,3,14H2,1-2H3. The van der Waals surface area contributed by atoms with Gasteiger partial charge in [-0.05, 0) is 32.4 Å². The molecule has 1 atom stereocenters. The van der Waals surface area contributed by atoms with E-state index in [2.05, 4.69) is 0 Å². The van der Waals surface area contributed by atoms with Gasteiger partial charge in [-0.15, -0.1) is 0 Å². The van der Waals surface area contributed by atoms with E-state index in [1.54, 1.807) is 6.07 Å². The number of hydrogen-bond donors (Lipinski definition) is 2. The zero-order chi connectivity index (χ0) is 11.9. The highest BCUT2D eigenvalue weighted by Gasteiger charge is 2.15. The van der Waals surface area contributed by atoms with Gasteiger partial charge in [0.1, 0.15) is 5.76 Å². The van der Waals surface area contributed by atoms with Crippen LogP contribution < -0.4 is 5.73 Å². The number of furan rings is 1. The van der Waals surface area contributed by atoms with Crippen LogP contribution in [0.3, 0.4) is 0 Å². The first-order valence-electron chi connectivity index (χ1n) is 5.15. The predicted octanol–water partition coefficient (Wildman–Crippen LogP) is 2.99. The van der Waals surface area contributed by atoms with Crippen LogP contribution in [0, 0.1) is 6.92 Å². The molecular weight excluding hydrogens is 226 g/mol. The van der Waals surface area contributed by atoms with E-state index < -0.39 is 0 Å². The lowest BCUT2D eigenvalue weighted by molar-refractivity contribution is 0.453. The topological polar surface area (TPSA) is 59.4 Å². The molecule has 0 fully saturated rings. The number of phenols is 1. The smallest absolute Gasteiger partial charge is 0.177 e. The van der Waals surface area contributed by atoms with Crippen LogP contribution in [0.4, 0.5) is 0 Å². The summed E-state index contributed by atoms with van der Waals surface area (Å²) in [6, 6.07) is 3.53. The van der Waals surface area contributed by atoms with E-state index in [0.29, 0.717) is 17.0 Å². The van der Waals surface area contributed by atoms with Crippen LogP contribution in [0.25, 0.3) is 11.0 Å². The van der Waals surface area contributed by atoms with Crippen LogP contribution in [0.2, 0.25) is 5.02 Å². The molecule has 2 aromatic rings. The second kappa shape index (κ2) is 4.00. The Morgan fingerprint density at radius 1 is 1.50 bits per heavy atom. The van der Waals surface area contributed by atoms with Crippen molar-refractivity contribution in [2.24, 2.45) is 5.73 Å². The van der Waals surface area contributed by atoms with Crippen LogP contribution in [0.15, 0.2) is 16.5 Å². The van der Waals surface area contributed by atoms with E-state index in [9.17, 15) is 5.11 Å². The second-order valence-corrected chi connectivity index (χ2v) is 4.55. The number of phenolic OH excluding ortho intramolecular Hbond substituents is 1. The van der Waals surface area contributed by atoms with Crippen LogP contribution in [-0.4, -0.2) is 11.1 Å². The third-order valence-electron chi connectivity index (χ3n) is 2.47. The third kappa shape index (κ3) is 1.88. The molecule has 1 aromatic carbocycles. The van der Waals surface area contributed by atoms with E-state index in [1.807, 2.05) is 19.9 Å². The summed E-state index contributed by atoms with van der Waals surface area (Å²) in [6.07, 6.45) is 0.571. The fraction of sp³-hybridized carbons (Fsp3) is 0.333. The van der Waals surface area contributed by atoms with Crippen molar-refractivity contribution < 1.29 is 9.52 Å². The van der Waals surface area contributed by atoms with Gasteiger partial charge in [0.25, 0.3) is 0 Å². The quantitative estimate of drug-likeness (QED) is 0.847. The maximum absolute atomic E-state index is 10.0. The van der Waals surface area contributed by atoms with Crippen molar-refractivity contribution >= 4 is 22.6 Å². The fourth-order valence-corrected chi connectivity index (χ4v) is 2.09. The molecule has 0 aliphatic carbocycles. The highest BCUT2D eigenvalue weighted by Crippen LogP contribution is 2.36. The van der Waals surface area contributed by atoms with Crippen molar-refractivity contribution in [2.45, 2.75) is 26.3 Å². The van der Waals surface area contributed by atoms with Gasteiger partial charge in [0.05, 0.1) is 5.02 Å². The van der Waals surface area contributed by atoms with Gasteiger partial charge in [-0.3, -0.25) is 0 Å². The number of benzene rings is 1. The summed E-state index contributed by atoms with van der Waals surface area (Å²) in [5, 5.41) is 11.4. The molecule has 0 radical (unpaired) electrons. The highest BCUT2D eigenvalue weighted by molar-refractivity contribution is 6.35. The normalized spacial score (nSPS) is 13.2. The number of fused-ring (bicyclic) bond motifs is 1. The Balaban J connectivity index is 2.64. The Morgan fingerprint density at radius 2 is 2.19 bits per heavy atom. The van der Waals surface area contributed by atoms with Gasteiger partial charge in [-0.25, -0.2) is 0 Å². The summed E-state index contributed by atoms with van der Waals surface area (Å²) in [5.74, 6) is 0.870. The molecule has 0 saturated heterocycles.